The number of nitrogens with zero attached hydrogens (tertiary/aromatic N) is 2. The number of likely N-dealkylation sites (N-methyl/N-ethyl adjacent to an activating group) is 2. The highest BCUT2D eigenvalue weighted by Crippen LogP contribution is 2.37. The van der Waals surface area contributed by atoms with Gasteiger partial charge in [-0.3, -0.25) is 0 Å². The van der Waals surface area contributed by atoms with E-state index in [1.165, 1.54) is 50.1 Å². The fourth-order valence-corrected chi connectivity index (χ4v) is 6.46. The molecule has 4 aromatic carbocycles. The van der Waals surface area contributed by atoms with Crippen LogP contribution in [0.4, 0.5) is 0 Å². The second-order valence-corrected chi connectivity index (χ2v) is 12.7. The molecule has 0 radical (unpaired) electrons. The van der Waals surface area contributed by atoms with Crippen molar-refractivity contribution in [1.29, 1.82) is 0 Å². The lowest BCUT2D eigenvalue weighted by molar-refractivity contribution is 0.162. The van der Waals surface area contributed by atoms with Gasteiger partial charge in [-0.1, -0.05) is 103 Å². The summed E-state index contributed by atoms with van der Waals surface area (Å²) < 4.78 is 16.3. The van der Waals surface area contributed by atoms with Gasteiger partial charge in [0, 0.05) is 46.0 Å². The van der Waals surface area contributed by atoms with Crippen LogP contribution < -0.4 is 4.74 Å². The van der Waals surface area contributed by atoms with Crippen molar-refractivity contribution in [3.63, 3.8) is 0 Å². The summed E-state index contributed by atoms with van der Waals surface area (Å²) in [6.07, 6.45) is 9.06. The van der Waals surface area contributed by atoms with Gasteiger partial charge in [-0.2, -0.15) is 0 Å². The average Bonchev–Trinajstić information content (AvgIpc) is 3.39. The Morgan fingerprint density at radius 3 is 1.48 bits per heavy atom. The van der Waals surface area contributed by atoms with Crippen LogP contribution >= 0.6 is 0 Å². The molecule has 48 heavy (non-hydrogen) atoms. The molecule has 1 heterocycles. The number of hydrogen-bond donors (Lipinski definition) is 0. The van der Waals surface area contributed by atoms with Crippen molar-refractivity contribution >= 4 is 11.1 Å². The van der Waals surface area contributed by atoms with Gasteiger partial charge >= 0.3 is 0 Å². The Labute approximate surface area is 288 Å². The molecule has 1 aliphatic carbocycles. The highest BCUT2D eigenvalue weighted by molar-refractivity contribution is 5.85. The number of para-hydroxylation sites is 1. The van der Waals surface area contributed by atoms with Gasteiger partial charge in [0.15, 0.2) is 0 Å². The third-order valence-corrected chi connectivity index (χ3v) is 9.22. The van der Waals surface area contributed by atoms with Crippen LogP contribution in [0.1, 0.15) is 51.8 Å². The molecule has 5 heteroatoms. The van der Waals surface area contributed by atoms with E-state index < -0.39 is 0 Å². The van der Waals surface area contributed by atoms with Gasteiger partial charge in [-0.25, -0.2) is 0 Å². The number of benzene rings is 4. The van der Waals surface area contributed by atoms with Crippen LogP contribution in [0.5, 0.6) is 5.75 Å². The third kappa shape index (κ3) is 9.55. The molecule has 0 spiro atoms. The average molecular weight is 645 g/mol. The first kappa shape index (κ1) is 35.3. The Bertz CT molecular complexity index is 1440. The van der Waals surface area contributed by atoms with Crippen molar-refractivity contribution in [2.24, 2.45) is 0 Å². The van der Waals surface area contributed by atoms with Crippen LogP contribution in [-0.4, -0.2) is 77.5 Å². The lowest BCUT2D eigenvalue weighted by Gasteiger charge is -2.16. The standard InChI is InChI=1S/C22H27NO.C21H25NO2/c1-23(16-17-24-2)15-7-12-22-20-10-5-3-8-18(20)13-14-19-9-4-6-11-21(19)22;1-22(14-15-23-2)13-7-11-19-18-9-4-3-8-17(18)16-24-21-12-6-5-10-20(19)21/h3-6,8-12H,7,13-17H2,1-2H3;3-6,8-12H,7,13-16H2,1-2H3/b;19-11-. The molecular formula is C43H52N2O3. The van der Waals surface area contributed by atoms with E-state index in [1.54, 1.807) is 14.2 Å². The summed E-state index contributed by atoms with van der Waals surface area (Å²) in [6.45, 7) is 6.18. The Hall–Kier alpha value is -4.00. The van der Waals surface area contributed by atoms with E-state index in [2.05, 4.69) is 127 Å². The zero-order valence-electron chi connectivity index (χ0n) is 29.3. The second-order valence-electron chi connectivity index (χ2n) is 12.7. The zero-order valence-corrected chi connectivity index (χ0v) is 29.3. The van der Waals surface area contributed by atoms with Gasteiger partial charge in [0.1, 0.15) is 12.4 Å². The van der Waals surface area contributed by atoms with Crippen molar-refractivity contribution in [2.75, 3.05) is 67.7 Å². The van der Waals surface area contributed by atoms with Crippen LogP contribution in [0.15, 0.2) is 109 Å². The molecule has 0 atom stereocenters. The fourth-order valence-electron chi connectivity index (χ4n) is 6.46. The second kappa shape index (κ2) is 18.5. The van der Waals surface area contributed by atoms with E-state index in [1.807, 2.05) is 6.07 Å². The molecule has 5 nitrogen and oxygen atoms in total. The minimum Gasteiger partial charge on any atom is -0.488 e. The third-order valence-electron chi connectivity index (χ3n) is 9.22. The van der Waals surface area contributed by atoms with E-state index >= 15 is 0 Å². The van der Waals surface area contributed by atoms with E-state index in [9.17, 15) is 0 Å². The number of ether oxygens (including phenoxy) is 3. The number of aryl methyl sites for hydroxylation is 2. The maximum atomic E-state index is 6.02. The molecule has 6 rings (SSSR count). The van der Waals surface area contributed by atoms with Crippen molar-refractivity contribution in [3.05, 3.63) is 148 Å². The van der Waals surface area contributed by atoms with Gasteiger partial charge in [0.25, 0.3) is 0 Å². The molecule has 2 aliphatic rings. The molecule has 252 valence electrons. The van der Waals surface area contributed by atoms with E-state index in [0.717, 1.165) is 70.8 Å². The predicted octanol–water partition coefficient (Wildman–Crippen LogP) is 8.16. The smallest absolute Gasteiger partial charge is 0.127 e. The SMILES string of the molecule is COCCN(C)CC/C=C1/c2ccccc2COc2ccccc21.COCCN(C)CCC=C1c2ccccc2CCc2ccccc21. The molecule has 4 aromatic rings. The zero-order chi connectivity index (χ0) is 33.6. The van der Waals surface area contributed by atoms with E-state index in [0.29, 0.717) is 6.61 Å². The monoisotopic (exact) mass is 644 g/mol. The van der Waals surface area contributed by atoms with Crippen LogP contribution in [-0.2, 0) is 28.9 Å². The summed E-state index contributed by atoms with van der Waals surface area (Å²) in [5.41, 5.74) is 12.1. The van der Waals surface area contributed by atoms with Crippen LogP contribution in [0.25, 0.3) is 11.1 Å². The Kier molecular flexibility index (Phi) is 13.6. The number of hydrogen-bond acceptors (Lipinski definition) is 5. The van der Waals surface area contributed by atoms with Gasteiger partial charge < -0.3 is 24.0 Å². The molecule has 0 saturated heterocycles. The van der Waals surface area contributed by atoms with Gasteiger partial charge in [0.05, 0.1) is 13.2 Å². The highest BCUT2D eigenvalue weighted by atomic mass is 16.5. The topological polar surface area (TPSA) is 34.2 Å². The predicted molar refractivity (Wildman–Crippen MR) is 200 cm³/mol. The van der Waals surface area contributed by atoms with Gasteiger partial charge in [-0.05, 0) is 90.4 Å². The van der Waals surface area contributed by atoms with Crippen molar-refractivity contribution in [2.45, 2.75) is 32.3 Å². The van der Waals surface area contributed by atoms with Crippen molar-refractivity contribution in [3.8, 4) is 5.75 Å². The van der Waals surface area contributed by atoms with Crippen LogP contribution in [0.3, 0.4) is 0 Å². The minimum atomic E-state index is 0.623. The van der Waals surface area contributed by atoms with Crippen molar-refractivity contribution in [1.82, 2.24) is 9.80 Å². The Morgan fingerprint density at radius 1 is 0.542 bits per heavy atom. The Morgan fingerprint density at radius 2 is 0.958 bits per heavy atom. The largest absolute Gasteiger partial charge is 0.488 e. The molecule has 0 saturated carbocycles. The van der Waals surface area contributed by atoms with E-state index in [4.69, 9.17) is 14.2 Å². The molecule has 0 bridgehead atoms. The highest BCUT2D eigenvalue weighted by Gasteiger charge is 2.19. The molecular weight excluding hydrogens is 592 g/mol. The summed E-state index contributed by atoms with van der Waals surface area (Å²) in [7, 11) is 7.80. The fraction of sp³-hybridized carbons (Fsp3) is 0.349. The summed E-state index contributed by atoms with van der Waals surface area (Å²) in [5.74, 6) is 0.965. The first-order valence-corrected chi connectivity index (χ1v) is 17.3. The molecule has 1 aliphatic heterocycles. The quantitative estimate of drug-likeness (QED) is 0.156. The Balaban J connectivity index is 0.000000188. The van der Waals surface area contributed by atoms with Crippen molar-refractivity contribution < 1.29 is 14.2 Å². The molecule has 0 amide bonds. The van der Waals surface area contributed by atoms with E-state index in [-0.39, 0.29) is 0 Å². The maximum absolute atomic E-state index is 6.02. The molecule has 0 N–H and O–H groups in total. The maximum Gasteiger partial charge on any atom is 0.127 e. The van der Waals surface area contributed by atoms with Gasteiger partial charge in [0.2, 0.25) is 0 Å². The molecule has 0 aromatic heterocycles. The summed E-state index contributed by atoms with van der Waals surface area (Å²) in [4.78, 5) is 4.63. The number of fused-ring (bicyclic) bond motifs is 4. The summed E-state index contributed by atoms with van der Waals surface area (Å²) in [5, 5.41) is 0. The van der Waals surface area contributed by atoms with Crippen LogP contribution in [0.2, 0.25) is 0 Å². The minimum absolute atomic E-state index is 0.623. The lowest BCUT2D eigenvalue weighted by atomic mass is 9.93. The first-order chi connectivity index (χ1) is 23.6. The number of methoxy groups -OCH3 is 2. The summed E-state index contributed by atoms with van der Waals surface area (Å²) >= 11 is 0. The van der Waals surface area contributed by atoms with Gasteiger partial charge in [-0.15, -0.1) is 0 Å². The van der Waals surface area contributed by atoms with Crippen LogP contribution in [0, 0.1) is 0 Å². The molecule has 0 fully saturated rings. The lowest BCUT2D eigenvalue weighted by Crippen LogP contribution is -2.23. The first-order valence-electron chi connectivity index (χ1n) is 17.3. The number of rotatable bonds is 12. The summed E-state index contributed by atoms with van der Waals surface area (Å²) in [6, 6.07) is 34.6. The normalized spacial score (nSPS) is 14.1. The molecule has 0 unspecified atom stereocenters.